The van der Waals surface area contributed by atoms with Gasteiger partial charge in [0.05, 0.1) is 6.61 Å². The quantitative estimate of drug-likeness (QED) is 0.752. The molecule has 1 aromatic carbocycles. The van der Waals surface area contributed by atoms with Crippen LogP contribution in [0.4, 0.5) is 5.69 Å². The molecule has 1 atom stereocenters. The van der Waals surface area contributed by atoms with Crippen LogP contribution in [0.15, 0.2) is 18.2 Å². The Kier molecular flexibility index (Phi) is 6.34. The van der Waals surface area contributed by atoms with Gasteiger partial charge in [0.25, 0.3) is 0 Å². The van der Waals surface area contributed by atoms with Gasteiger partial charge in [-0.1, -0.05) is 24.6 Å². The minimum atomic E-state index is 0.541. The Hall–Kier alpha value is -0.770. The van der Waals surface area contributed by atoms with E-state index in [2.05, 4.69) is 30.1 Å². The Balaban J connectivity index is 2.26. The zero-order valence-electron chi connectivity index (χ0n) is 13.4. The van der Waals surface area contributed by atoms with Crippen molar-refractivity contribution < 1.29 is 4.74 Å². The van der Waals surface area contributed by atoms with Crippen molar-refractivity contribution in [1.29, 1.82) is 0 Å². The zero-order valence-corrected chi connectivity index (χ0v) is 14.1. The van der Waals surface area contributed by atoms with E-state index in [0.29, 0.717) is 6.04 Å². The minimum absolute atomic E-state index is 0.541. The Bertz CT molecular complexity index is 448. The molecule has 1 saturated carbocycles. The third-order valence-corrected chi connectivity index (χ3v) is 4.64. The Morgan fingerprint density at radius 3 is 2.81 bits per heavy atom. The summed E-state index contributed by atoms with van der Waals surface area (Å²) in [5, 5.41) is 4.24. The molecule has 1 unspecified atom stereocenters. The summed E-state index contributed by atoms with van der Waals surface area (Å²) in [6.45, 7) is 7.85. The summed E-state index contributed by atoms with van der Waals surface area (Å²) in [7, 11) is 1.76. The molecule has 4 heteroatoms. The lowest BCUT2D eigenvalue weighted by Crippen LogP contribution is -2.38. The summed E-state index contributed by atoms with van der Waals surface area (Å²) in [6, 6.07) is 6.76. The normalized spacial score (nSPS) is 16.0. The van der Waals surface area contributed by atoms with Gasteiger partial charge in [0.15, 0.2) is 0 Å². The first-order valence-corrected chi connectivity index (χ1v) is 8.30. The van der Waals surface area contributed by atoms with Gasteiger partial charge < -0.3 is 15.0 Å². The number of nitrogens with zero attached hydrogens (tertiary/aromatic N) is 1. The topological polar surface area (TPSA) is 24.5 Å². The lowest BCUT2D eigenvalue weighted by Gasteiger charge is -2.33. The predicted molar refractivity (Wildman–Crippen MR) is 90.2 cm³/mol. The van der Waals surface area contributed by atoms with E-state index in [9.17, 15) is 0 Å². The molecule has 0 spiro atoms. The first-order valence-electron chi connectivity index (χ1n) is 7.92. The van der Waals surface area contributed by atoms with Gasteiger partial charge in [0.1, 0.15) is 0 Å². The van der Waals surface area contributed by atoms with Gasteiger partial charge in [-0.2, -0.15) is 0 Å². The molecule has 0 radical (unpaired) electrons. The van der Waals surface area contributed by atoms with E-state index in [1.54, 1.807) is 7.11 Å². The highest BCUT2D eigenvalue weighted by Gasteiger charge is 2.32. The average molecular weight is 311 g/mol. The van der Waals surface area contributed by atoms with Crippen molar-refractivity contribution in [2.45, 2.75) is 39.3 Å². The monoisotopic (exact) mass is 310 g/mol. The molecule has 1 N–H and O–H groups in total. The summed E-state index contributed by atoms with van der Waals surface area (Å²) in [4.78, 5) is 2.47. The van der Waals surface area contributed by atoms with Crippen LogP contribution in [-0.2, 0) is 11.3 Å². The van der Waals surface area contributed by atoms with E-state index < -0.39 is 0 Å². The van der Waals surface area contributed by atoms with Crippen LogP contribution in [0.25, 0.3) is 0 Å². The second-order valence-electron chi connectivity index (χ2n) is 5.78. The molecule has 0 saturated heterocycles. The molecule has 21 heavy (non-hydrogen) atoms. The van der Waals surface area contributed by atoms with Crippen LogP contribution < -0.4 is 10.2 Å². The molecular formula is C17H27ClN2O. The molecule has 1 aliphatic carbocycles. The van der Waals surface area contributed by atoms with Crippen LogP contribution in [0.3, 0.4) is 0 Å². The van der Waals surface area contributed by atoms with Crippen molar-refractivity contribution in [3.63, 3.8) is 0 Å². The van der Waals surface area contributed by atoms with E-state index >= 15 is 0 Å². The van der Waals surface area contributed by atoms with Crippen molar-refractivity contribution in [2.24, 2.45) is 5.92 Å². The molecule has 0 amide bonds. The molecule has 0 aliphatic heterocycles. The molecule has 1 aliphatic rings. The number of nitrogens with one attached hydrogen (secondary N) is 1. The van der Waals surface area contributed by atoms with Crippen molar-refractivity contribution >= 4 is 17.3 Å². The van der Waals surface area contributed by atoms with Crippen LogP contribution in [0, 0.1) is 5.92 Å². The largest absolute Gasteiger partial charge is 0.383 e. The van der Waals surface area contributed by atoms with Crippen LogP contribution in [0.1, 0.15) is 32.3 Å². The van der Waals surface area contributed by atoms with Gasteiger partial charge in [-0.15, -0.1) is 0 Å². The van der Waals surface area contributed by atoms with E-state index in [0.717, 1.165) is 37.2 Å². The van der Waals surface area contributed by atoms with Crippen molar-refractivity contribution in [1.82, 2.24) is 5.32 Å². The van der Waals surface area contributed by atoms with Crippen molar-refractivity contribution in [3.8, 4) is 0 Å². The molecule has 118 valence electrons. The number of methoxy groups -OCH3 is 1. The summed E-state index contributed by atoms with van der Waals surface area (Å²) < 4.78 is 5.31. The molecule has 2 rings (SSSR count). The maximum atomic E-state index is 6.45. The number of halogens is 1. The highest BCUT2D eigenvalue weighted by atomic mass is 35.5. The molecule has 0 heterocycles. The third kappa shape index (κ3) is 4.35. The van der Waals surface area contributed by atoms with Gasteiger partial charge in [-0.05, 0) is 44.4 Å². The number of hydrogen-bond acceptors (Lipinski definition) is 3. The summed E-state index contributed by atoms with van der Waals surface area (Å²) in [5.74, 6) is 0.813. The second kappa shape index (κ2) is 8.02. The predicted octanol–water partition coefficient (Wildman–Crippen LogP) is 3.70. The fourth-order valence-electron chi connectivity index (χ4n) is 2.81. The standard InChI is InChI=1S/C17H27ClN2O/c1-4-19-12-15-16(18)6-5-7-17(15)20(10-11-21-3)13(2)14-8-9-14/h5-7,13-14,19H,4,8-12H2,1-3H3. The highest BCUT2D eigenvalue weighted by molar-refractivity contribution is 6.31. The third-order valence-electron chi connectivity index (χ3n) is 4.29. The molecule has 3 nitrogen and oxygen atoms in total. The van der Waals surface area contributed by atoms with Gasteiger partial charge in [0, 0.05) is 42.5 Å². The number of benzene rings is 1. The molecule has 0 aromatic heterocycles. The Morgan fingerprint density at radius 1 is 1.43 bits per heavy atom. The zero-order chi connectivity index (χ0) is 15.2. The number of hydrogen-bond donors (Lipinski definition) is 1. The summed E-state index contributed by atoms with van der Waals surface area (Å²) in [6.07, 6.45) is 2.68. The Morgan fingerprint density at radius 2 is 2.19 bits per heavy atom. The van der Waals surface area contributed by atoms with E-state index in [1.165, 1.54) is 24.1 Å². The smallest absolute Gasteiger partial charge is 0.0637 e. The molecule has 0 bridgehead atoms. The van der Waals surface area contributed by atoms with Crippen molar-refractivity contribution in [3.05, 3.63) is 28.8 Å². The van der Waals surface area contributed by atoms with Crippen LogP contribution in [0.2, 0.25) is 5.02 Å². The van der Waals surface area contributed by atoms with E-state index in [1.807, 2.05) is 12.1 Å². The maximum absolute atomic E-state index is 6.45. The van der Waals surface area contributed by atoms with Gasteiger partial charge in [-0.3, -0.25) is 0 Å². The summed E-state index contributed by atoms with van der Waals surface area (Å²) in [5.41, 5.74) is 2.45. The Labute approximate surface area is 133 Å². The van der Waals surface area contributed by atoms with E-state index in [4.69, 9.17) is 16.3 Å². The van der Waals surface area contributed by atoms with Gasteiger partial charge in [0.2, 0.25) is 0 Å². The maximum Gasteiger partial charge on any atom is 0.0637 e. The minimum Gasteiger partial charge on any atom is -0.383 e. The van der Waals surface area contributed by atoms with Gasteiger partial charge >= 0.3 is 0 Å². The molecular weight excluding hydrogens is 284 g/mol. The fraction of sp³-hybridized carbons (Fsp3) is 0.647. The number of rotatable bonds is 9. The van der Waals surface area contributed by atoms with Crippen molar-refractivity contribution in [2.75, 3.05) is 31.7 Å². The van der Waals surface area contributed by atoms with Crippen LogP contribution >= 0.6 is 11.6 Å². The molecule has 1 fully saturated rings. The van der Waals surface area contributed by atoms with Crippen LogP contribution in [-0.4, -0.2) is 32.8 Å². The first-order chi connectivity index (χ1) is 10.2. The number of ether oxygens (including phenoxy) is 1. The fourth-order valence-corrected chi connectivity index (χ4v) is 3.04. The molecule has 1 aromatic rings. The average Bonchev–Trinajstić information content (AvgIpc) is 3.31. The second-order valence-corrected chi connectivity index (χ2v) is 6.19. The van der Waals surface area contributed by atoms with Gasteiger partial charge in [-0.25, -0.2) is 0 Å². The lowest BCUT2D eigenvalue weighted by molar-refractivity contribution is 0.202. The SMILES string of the molecule is CCNCc1c(Cl)cccc1N(CCOC)C(C)C1CC1. The van der Waals surface area contributed by atoms with E-state index in [-0.39, 0.29) is 0 Å². The number of anilines is 1. The highest BCUT2D eigenvalue weighted by Crippen LogP contribution is 2.38. The first kappa shape index (κ1) is 16.6. The van der Waals surface area contributed by atoms with Crippen LogP contribution in [0.5, 0.6) is 0 Å². The summed E-state index contributed by atoms with van der Waals surface area (Å²) >= 11 is 6.45. The lowest BCUT2D eigenvalue weighted by atomic mass is 10.1.